The molecule has 1 aliphatic heterocycles. The molecule has 2 nitrogen and oxygen atoms in total. The van der Waals surface area contributed by atoms with Crippen LogP contribution in [0.15, 0.2) is 29.2 Å². The SMILES string of the molecule is CC(=O)C1COc2ccccc2S1. The van der Waals surface area contributed by atoms with E-state index in [1.807, 2.05) is 24.3 Å². The van der Waals surface area contributed by atoms with Gasteiger partial charge in [0.05, 0.1) is 4.90 Å². The van der Waals surface area contributed by atoms with E-state index >= 15 is 0 Å². The van der Waals surface area contributed by atoms with Crippen LogP contribution in [-0.4, -0.2) is 17.6 Å². The van der Waals surface area contributed by atoms with Crippen LogP contribution in [-0.2, 0) is 4.79 Å². The van der Waals surface area contributed by atoms with Crippen molar-refractivity contribution in [3.05, 3.63) is 24.3 Å². The van der Waals surface area contributed by atoms with Gasteiger partial charge in [0.2, 0.25) is 0 Å². The average molecular weight is 194 g/mol. The van der Waals surface area contributed by atoms with E-state index in [9.17, 15) is 4.79 Å². The maximum atomic E-state index is 11.1. The molecule has 1 aromatic carbocycles. The lowest BCUT2D eigenvalue weighted by Gasteiger charge is -2.22. The number of rotatable bonds is 1. The van der Waals surface area contributed by atoms with Crippen LogP contribution in [0.5, 0.6) is 5.75 Å². The van der Waals surface area contributed by atoms with Crippen LogP contribution in [0.2, 0.25) is 0 Å². The average Bonchev–Trinajstić information content (AvgIpc) is 2.17. The van der Waals surface area contributed by atoms with Crippen LogP contribution < -0.4 is 4.74 Å². The Hall–Kier alpha value is -0.960. The van der Waals surface area contributed by atoms with E-state index in [4.69, 9.17) is 4.74 Å². The molecule has 68 valence electrons. The topological polar surface area (TPSA) is 26.3 Å². The molecule has 0 saturated heterocycles. The van der Waals surface area contributed by atoms with Crippen molar-refractivity contribution in [2.75, 3.05) is 6.61 Å². The largest absolute Gasteiger partial charge is 0.491 e. The van der Waals surface area contributed by atoms with Gasteiger partial charge in [-0.3, -0.25) is 4.79 Å². The molecule has 0 saturated carbocycles. The highest BCUT2D eigenvalue weighted by molar-refractivity contribution is 8.00. The summed E-state index contributed by atoms with van der Waals surface area (Å²) in [7, 11) is 0. The fraction of sp³-hybridized carbons (Fsp3) is 0.300. The van der Waals surface area contributed by atoms with E-state index < -0.39 is 0 Å². The molecule has 3 heteroatoms. The molecule has 1 aliphatic rings. The molecule has 0 N–H and O–H groups in total. The van der Waals surface area contributed by atoms with Gasteiger partial charge in [-0.2, -0.15) is 0 Å². The predicted octanol–water partition coefficient (Wildman–Crippen LogP) is 2.13. The molecule has 2 rings (SSSR count). The van der Waals surface area contributed by atoms with Gasteiger partial charge in [-0.1, -0.05) is 12.1 Å². The highest BCUT2D eigenvalue weighted by Crippen LogP contribution is 2.36. The number of hydrogen-bond donors (Lipinski definition) is 0. The van der Waals surface area contributed by atoms with E-state index in [1.165, 1.54) is 0 Å². The number of thioether (sulfide) groups is 1. The van der Waals surface area contributed by atoms with Gasteiger partial charge >= 0.3 is 0 Å². The zero-order valence-electron chi connectivity index (χ0n) is 7.32. The van der Waals surface area contributed by atoms with Gasteiger partial charge < -0.3 is 4.74 Å². The minimum absolute atomic E-state index is 0.0325. The molecule has 0 bridgehead atoms. The number of para-hydroxylation sites is 1. The van der Waals surface area contributed by atoms with Crippen LogP contribution in [0.25, 0.3) is 0 Å². The zero-order valence-corrected chi connectivity index (χ0v) is 8.14. The molecule has 1 heterocycles. The third-order valence-corrected chi connectivity index (χ3v) is 3.31. The van der Waals surface area contributed by atoms with Crippen LogP contribution in [0, 0.1) is 0 Å². The number of ketones is 1. The van der Waals surface area contributed by atoms with Crippen molar-refractivity contribution in [3.8, 4) is 5.75 Å². The standard InChI is InChI=1S/C10H10O2S/c1-7(11)10-6-12-8-4-2-3-5-9(8)13-10/h2-5,10H,6H2,1H3. The fourth-order valence-electron chi connectivity index (χ4n) is 1.22. The lowest BCUT2D eigenvalue weighted by molar-refractivity contribution is -0.117. The summed E-state index contributed by atoms with van der Waals surface area (Å²) in [5.74, 6) is 1.07. The highest BCUT2D eigenvalue weighted by Gasteiger charge is 2.23. The normalized spacial score (nSPS) is 20.2. The van der Waals surface area contributed by atoms with Gasteiger partial charge in [0, 0.05) is 0 Å². The quantitative estimate of drug-likeness (QED) is 0.685. The highest BCUT2D eigenvalue weighted by atomic mass is 32.2. The van der Waals surface area contributed by atoms with Crippen molar-refractivity contribution in [2.45, 2.75) is 17.1 Å². The molecule has 1 unspecified atom stereocenters. The van der Waals surface area contributed by atoms with Crippen molar-refractivity contribution in [2.24, 2.45) is 0 Å². The van der Waals surface area contributed by atoms with Crippen LogP contribution in [0.1, 0.15) is 6.92 Å². The number of ether oxygens (including phenoxy) is 1. The Bertz CT molecular complexity index is 335. The Morgan fingerprint density at radius 1 is 1.54 bits per heavy atom. The van der Waals surface area contributed by atoms with E-state index in [2.05, 4.69) is 0 Å². The number of benzene rings is 1. The van der Waals surface area contributed by atoms with Crippen molar-refractivity contribution < 1.29 is 9.53 Å². The third-order valence-electron chi connectivity index (χ3n) is 1.96. The van der Waals surface area contributed by atoms with Crippen LogP contribution in [0.4, 0.5) is 0 Å². The van der Waals surface area contributed by atoms with E-state index in [0.29, 0.717) is 6.61 Å². The molecule has 0 aromatic heterocycles. The molecular weight excluding hydrogens is 184 g/mol. The maximum Gasteiger partial charge on any atom is 0.146 e. The number of carbonyl (C=O) groups is 1. The summed E-state index contributed by atoms with van der Waals surface area (Å²) in [5, 5.41) is -0.0325. The van der Waals surface area contributed by atoms with Gasteiger partial charge in [-0.25, -0.2) is 0 Å². The summed E-state index contributed by atoms with van der Waals surface area (Å²) < 4.78 is 5.46. The molecule has 0 spiro atoms. The maximum absolute atomic E-state index is 11.1. The van der Waals surface area contributed by atoms with Crippen molar-refractivity contribution >= 4 is 17.5 Å². The second kappa shape index (κ2) is 3.42. The van der Waals surface area contributed by atoms with Crippen LogP contribution in [0.3, 0.4) is 0 Å². The first-order chi connectivity index (χ1) is 6.27. The predicted molar refractivity (Wildman–Crippen MR) is 52.3 cm³/mol. The second-order valence-electron chi connectivity index (χ2n) is 2.97. The molecule has 0 fully saturated rings. The molecule has 13 heavy (non-hydrogen) atoms. The van der Waals surface area contributed by atoms with Crippen molar-refractivity contribution in [1.82, 2.24) is 0 Å². The van der Waals surface area contributed by atoms with E-state index in [-0.39, 0.29) is 11.0 Å². The lowest BCUT2D eigenvalue weighted by atomic mass is 10.3. The molecule has 0 radical (unpaired) electrons. The first-order valence-electron chi connectivity index (χ1n) is 4.16. The molecular formula is C10H10O2S. The summed E-state index contributed by atoms with van der Waals surface area (Å²) in [6, 6.07) is 7.80. The van der Waals surface area contributed by atoms with Gasteiger partial charge in [0.15, 0.2) is 0 Å². The Labute approximate surface area is 81.3 Å². The summed E-state index contributed by atoms with van der Waals surface area (Å²) >= 11 is 1.59. The minimum atomic E-state index is -0.0325. The van der Waals surface area contributed by atoms with E-state index in [0.717, 1.165) is 10.6 Å². The summed E-state index contributed by atoms with van der Waals surface area (Å²) in [6.45, 7) is 2.10. The molecule has 1 aromatic rings. The number of hydrogen-bond acceptors (Lipinski definition) is 3. The van der Waals surface area contributed by atoms with Crippen LogP contribution >= 0.6 is 11.8 Å². The summed E-state index contributed by atoms with van der Waals surface area (Å²) in [6.07, 6.45) is 0. The second-order valence-corrected chi connectivity index (χ2v) is 4.22. The first kappa shape index (κ1) is 8.63. The number of carbonyl (C=O) groups excluding carboxylic acids is 1. The molecule has 1 atom stereocenters. The van der Waals surface area contributed by atoms with E-state index in [1.54, 1.807) is 18.7 Å². The van der Waals surface area contributed by atoms with Crippen molar-refractivity contribution in [3.63, 3.8) is 0 Å². The molecule has 0 amide bonds. The van der Waals surface area contributed by atoms with Crippen molar-refractivity contribution in [1.29, 1.82) is 0 Å². The Kier molecular flexibility index (Phi) is 2.27. The number of Topliss-reactive ketones (excluding diaryl/α,β-unsaturated/α-hetero) is 1. The fourth-order valence-corrected chi connectivity index (χ4v) is 2.23. The lowest BCUT2D eigenvalue weighted by Crippen LogP contribution is -2.25. The van der Waals surface area contributed by atoms with Gasteiger partial charge in [-0.05, 0) is 19.1 Å². The summed E-state index contributed by atoms with van der Waals surface area (Å²) in [4.78, 5) is 12.2. The van der Waals surface area contributed by atoms with Gasteiger partial charge in [0.25, 0.3) is 0 Å². The summed E-state index contributed by atoms with van der Waals surface area (Å²) in [5.41, 5.74) is 0. The zero-order chi connectivity index (χ0) is 9.26. The third kappa shape index (κ3) is 1.70. The Morgan fingerprint density at radius 3 is 3.08 bits per heavy atom. The smallest absolute Gasteiger partial charge is 0.146 e. The van der Waals surface area contributed by atoms with Gasteiger partial charge in [0.1, 0.15) is 23.4 Å². The monoisotopic (exact) mass is 194 g/mol. The Balaban J connectivity index is 2.24. The minimum Gasteiger partial charge on any atom is -0.491 e. The van der Waals surface area contributed by atoms with Gasteiger partial charge in [-0.15, -0.1) is 11.8 Å². The Morgan fingerprint density at radius 2 is 2.31 bits per heavy atom. The first-order valence-corrected chi connectivity index (χ1v) is 5.04. The molecule has 0 aliphatic carbocycles. The number of fused-ring (bicyclic) bond motifs is 1.